The first-order chi connectivity index (χ1) is 9.35. The summed E-state index contributed by atoms with van der Waals surface area (Å²) in [6.07, 6.45) is 4.49. The lowest BCUT2D eigenvalue weighted by Crippen LogP contribution is -2.39. The van der Waals surface area contributed by atoms with Crippen LogP contribution in [0.3, 0.4) is 0 Å². The lowest BCUT2D eigenvalue weighted by molar-refractivity contribution is 0.0270. The Morgan fingerprint density at radius 2 is 2.15 bits per heavy atom. The fraction of sp³-hybridized carbons (Fsp3) is 0.467. The summed E-state index contributed by atoms with van der Waals surface area (Å²) in [5.41, 5.74) is 1.89. The second-order valence-corrected chi connectivity index (χ2v) is 6.59. The number of hydrogen-bond acceptors (Lipinski definition) is 3. The minimum atomic E-state index is -0.448. The number of carbonyl (C=O) groups is 1. The molecule has 0 saturated heterocycles. The number of aromatic nitrogens is 1. The smallest absolute Gasteiger partial charge is 0.410 e. The van der Waals surface area contributed by atoms with Crippen LogP contribution >= 0.6 is 15.9 Å². The summed E-state index contributed by atoms with van der Waals surface area (Å²) in [6, 6.07) is 3.96. The van der Waals surface area contributed by atoms with Gasteiger partial charge < -0.3 is 9.64 Å². The minimum absolute atomic E-state index is 0.248. The minimum Gasteiger partial charge on any atom is -0.444 e. The topological polar surface area (TPSA) is 42.4 Å². The van der Waals surface area contributed by atoms with E-state index in [0.29, 0.717) is 13.1 Å². The quantitative estimate of drug-likeness (QED) is 0.730. The van der Waals surface area contributed by atoms with Gasteiger partial charge in [-0.3, -0.25) is 0 Å². The molecule has 0 radical (unpaired) electrons. The Labute approximate surface area is 128 Å². The Morgan fingerprint density at radius 1 is 1.40 bits per heavy atom. The van der Waals surface area contributed by atoms with Gasteiger partial charge in [-0.2, -0.15) is 0 Å². The van der Waals surface area contributed by atoms with Gasteiger partial charge in [0.2, 0.25) is 0 Å². The van der Waals surface area contributed by atoms with Crippen LogP contribution in [-0.2, 0) is 4.74 Å². The summed E-state index contributed by atoms with van der Waals surface area (Å²) >= 11 is 3.33. The molecule has 0 fully saturated rings. The van der Waals surface area contributed by atoms with Gasteiger partial charge in [0, 0.05) is 19.3 Å². The molecule has 0 aromatic carbocycles. The second kappa shape index (κ2) is 5.95. The maximum absolute atomic E-state index is 12.0. The van der Waals surface area contributed by atoms with E-state index in [1.54, 1.807) is 4.90 Å². The number of ether oxygens (including phenoxy) is 1. The molecule has 108 valence electrons. The van der Waals surface area contributed by atoms with Gasteiger partial charge in [0.25, 0.3) is 0 Å². The molecule has 1 amide bonds. The Kier molecular flexibility index (Phi) is 4.48. The van der Waals surface area contributed by atoms with Crippen LogP contribution in [-0.4, -0.2) is 34.7 Å². The molecule has 0 bridgehead atoms. The number of pyridine rings is 1. The predicted molar refractivity (Wildman–Crippen MR) is 82.3 cm³/mol. The van der Waals surface area contributed by atoms with Crippen molar-refractivity contribution in [2.75, 3.05) is 13.1 Å². The van der Waals surface area contributed by atoms with Gasteiger partial charge in [0.15, 0.2) is 0 Å². The first kappa shape index (κ1) is 15.0. The van der Waals surface area contributed by atoms with Crippen LogP contribution in [0.4, 0.5) is 4.79 Å². The van der Waals surface area contributed by atoms with E-state index in [9.17, 15) is 4.79 Å². The van der Waals surface area contributed by atoms with Gasteiger partial charge in [0.05, 0.1) is 0 Å². The standard InChI is InChI=1S/C15H19BrN2O2/c1-15(2,3)20-14(19)18-8-6-11(7-9-18)12-4-5-13(16)17-10-12/h4-6,10H,7-9H2,1-3H3. The largest absolute Gasteiger partial charge is 0.444 e. The third-order valence-corrected chi connectivity index (χ3v) is 3.43. The van der Waals surface area contributed by atoms with E-state index in [2.05, 4.69) is 27.0 Å². The van der Waals surface area contributed by atoms with Gasteiger partial charge >= 0.3 is 6.09 Å². The monoisotopic (exact) mass is 338 g/mol. The van der Waals surface area contributed by atoms with Crippen molar-refractivity contribution in [1.82, 2.24) is 9.88 Å². The molecule has 2 heterocycles. The van der Waals surface area contributed by atoms with Crippen molar-refractivity contribution in [2.24, 2.45) is 0 Å². The molecule has 0 N–H and O–H groups in total. The van der Waals surface area contributed by atoms with Crippen molar-refractivity contribution in [3.05, 3.63) is 34.6 Å². The average molecular weight is 339 g/mol. The second-order valence-electron chi connectivity index (χ2n) is 5.78. The van der Waals surface area contributed by atoms with E-state index in [1.165, 1.54) is 5.57 Å². The van der Waals surface area contributed by atoms with Crippen LogP contribution in [0.5, 0.6) is 0 Å². The van der Waals surface area contributed by atoms with E-state index >= 15 is 0 Å². The number of rotatable bonds is 1. The van der Waals surface area contributed by atoms with E-state index in [0.717, 1.165) is 16.6 Å². The molecule has 1 aliphatic rings. The van der Waals surface area contributed by atoms with Crippen LogP contribution in [0.1, 0.15) is 32.8 Å². The number of nitrogens with zero attached hydrogens (tertiary/aromatic N) is 2. The highest BCUT2D eigenvalue weighted by molar-refractivity contribution is 9.10. The van der Waals surface area contributed by atoms with Gasteiger partial charge in [-0.05, 0) is 60.3 Å². The van der Waals surface area contributed by atoms with Crippen molar-refractivity contribution < 1.29 is 9.53 Å². The maximum Gasteiger partial charge on any atom is 0.410 e. The van der Waals surface area contributed by atoms with Crippen LogP contribution in [0, 0.1) is 0 Å². The lowest BCUT2D eigenvalue weighted by atomic mass is 10.0. The van der Waals surface area contributed by atoms with Crippen molar-refractivity contribution in [3.63, 3.8) is 0 Å². The van der Waals surface area contributed by atoms with Gasteiger partial charge in [-0.15, -0.1) is 0 Å². The summed E-state index contributed by atoms with van der Waals surface area (Å²) in [4.78, 5) is 17.9. The molecule has 0 saturated carbocycles. The number of carbonyl (C=O) groups excluding carboxylic acids is 1. The molecule has 0 aliphatic carbocycles. The lowest BCUT2D eigenvalue weighted by Gasteiger charge is -2.29. The Morgan fingerprint density at radius 3 is 2.65 bits per heavy atom. The summed E-state index contributed by atoms with van der Waals surface area (Å²) < 4.78 is 6.20. The summed E-state index contributed by atoms with van der Waals surface area (Å²) in [5, 5.41) is 0. The third-order valence-electron chi connectivity index (χ3n) is 2.96. The van der Waals surface area contributed by atoms with Gasteiger partial charge in [-0.1, -0.05) is 12.1 Å². The summed E-state index contributed by atoms with van der Waals surface area (Å²) in [7, 11) is 0. The maximum atomic E-state index is 12.0. The van der Waals surface area contributed by atoms with Crippen LogP contribution in [0.2, 0.25) is 0 Å². The van der Waals surface area contributed by atoms with Crippen LogP contribution in [0.15, 0.2) is 29.0 Å². The molecule has 4 nitrogen and oxygen atoms in total. The first-order valence-electron chi connectivity index (χ1n) is 6.64. The van der Waals surface area contributed by atoms with Crippen molar-refractivity contribution in [3.8, 4) is 0 Å². The van der Waals surface area contributed by atoms with Crippen molar-refractivity contribution >= 4 is 27.6 Å². The summed E-state index contributed by atoms with van der Waals surface area (Å²) in [5.74, 6) is 0. The first-order valence-corrected chi connectivity index (χ1v) is 7.43. The average Bonchev–Trinajstić information content (AvgIpc) is 2.38. The van der Waals surface area contributed by atoms with Gasteiger partial charge in [0.1, 0.15) is 10.2 Å². The number of hydrogen-bond donors (Lipinski definition) is 0. The van der Waals surface area contributed by atoms with Crippen molar-refractivity contribution in [2.45, 2.75) is 32.8 Å². The molecular weight excluding hydrogens is 320 g/mol. The van der Waals surface area contributed by atoms with E-state index in [1.807, 2.05) is 39.1 Å². The highest BCUT2D eigenvalue weighted by atomic mass is 79.9. The fourth-order valence-corrected chi connectivity index (χ4v) is 2.22. The predicted octanol–water partition coefficient (Wildman–Crippen LogP) is 3.87. The van der Waals surface area contributed by atoms with Crippen LogP contribution in [0.25, 0.3) is 5.57 Å². The van der Waals surface area contributed by atoms with Crippen LogP contribution < -0.4 is 0 Å². The Balaban J connectivity index is 2.00. The zero-order valence-corrected chi connectivity index (χ0v) is 13.6. The molecule has 0 spiro atoms. The molecule has 20 heavy (non-hydrogen) atoms. The van der Waals surface area contributed by atoms with Gasteiger partial charge in [-0.25, -0.2) is 9.78 Å². The number of halogens is 1. The highest BCUT2D eigenvalue weighted by Crippen LogP contribution is 2.23. The fourth-order valence-electron chi connectivity index (χ4n) is 1.99. The van der Waals surface area contributed by atoms with E-state index in [-0.39, 0.29) is 6.09 Å². The molecule has 2 rings (SSSR count). The van der Waals surface area contributed by atoms with E-state index in [4.69, 9.17) is 4.74 Å². The summed E-state index contributed by atoms with van der Waals surface area (Å²) in [6.45, 7) is 6.90. The molecule has 5 heteroatoms. The Hall–Kier alpha value is -1.36. The normalized spacial score (nSPS) is 15.8. The highest BCUT2D eigenvalue weighted by Gasteiger charge is 2.23. The zero-order valence-electron chi connectivity index (χ0n) is 12.0. The molecule has 0 unspecified atom stereocenters. The Bertz CT molecular complexity index is 518. The molecule has 0 atom stereocenters. The zero-order chi connectivity index (χ0) is 14.8. The molecule has 1 aliphatic heterocycles. The SMILES string of the molecule is CC(C)(C)OC(=O)N1CC=C(c2ccc(Br)nc2)CC1. The molecule has 1 aromatic heterocycles. The van der Waals surface area contributed by atoms with E-state index < -0.39 is 5.60 Å². The van der Waals surface area contributed by atoms with Crippen molar-refractivity contribution in [1.29, 1.82) is 0 Å². The molecular formula is C15H19BrN2O2. The third kappa shape index (κ3) is 4.07. The number of amides is 1. The molecule has 1 aromatic rings.